The van der Waals surface area contributed by atoms with Crippen LogP contribution >= 0.6 is 0 Å². The van der Waals surface area contributed by atoms with E-state index in [9.17, 15) is 18.0 Å². The van der Waals surface area contributed by atoms with Crippen LogP contribution in [0.1, 0.15) is 12.0 Å². The molecule has 0 bridgehead atoms. The molecule has 1 aliphatic heterocycles. The quantitative estimate of drug-likeness (QED) is 0.851. The van der Waals surface area contributed by atoms with Crippen LogP contribution in [0, 0.1) is 0 Å². The fourth-order valence-electron chi connectivity index (χ4n) is 1.49. The molecule has 0 saturated heterocycles. The van der Waals surface area contributed by atoms with Gasteiger partial charge in [-0.25, -0.2) is 0 Å². The second-order valence-electron chi connectivity index (χ2n) is 3.75. The topological polar surface area (TPSA) is 53.5 Å². The summed E-state index contributed by atoms with van der Waals surface area (Å²) in [6.45, 7) is 0.593. The van der Waals surface area contributed by atoms with Crippen LogP contribution in [0.25, 0.3) is 0 Å². The van der Waals surface area contributed by atoms with Crippen LogP contribution in [-0.2, 0) is 11.0 Å². The van der Waals surface area contributed by atoms with E-state index in [1.54, 1.807) is 0 Å². The Morgan fingerprint density at radius 3 is 2.44 bits per heavy atom. The third kappa shape index (κ3) is 2.79. The van der Waals surface area contributed by atoms with Gasteiger partial charge in [0, 0.05) is 18.7 Å². The molecule has 1 heterocycles. The lowest BCUT2D eigenvalue weighted by Gasteiger charge is -2.08. The summed E-state index contributed by atoms with van der Waals surface area (Å²) in [5.74, 6) is -0.403. The first-order valence-corrected chi connectivity index (χ1v) is 5.25. The fraction of sp³-hybridized carbons (Fsp3) is 0.273. The van der Waals surface area contributed by atoms with Crippen LogP contribution in [0.4, 0.5) is 18.9 Å². The van der Waals surface area contributed by atoms with Crippen molar-refractivity contribution in [1.29, 1.82) is 0 Å². The number of nitrogens with one attached hydrogen (secondary N) is 2. The number of halogens is 3. The van der Waals surface area contributed by atoms with E-state index in [1.165, 1.54) is 12.1 Å². The number of rotatable bonds is 2. The van der Waals surface area contributed by atoms with Gasteiger partial charge in [-0.15, -0.1) is 0 Å². The van der Waals surface area contributed by atoms with E-state index in [1.807, 2.05) is 0 Å². The smallest absolute Gasteiger partial charge is 0.321 e. The van der Waals surface area contributed by atoms with Crippen molar-refractivity contribution < 1.29 is 18.0 Å². The Morgan fingerprint density at radius 1 is 1.28 bits per heavy atom. The number of anilines is 1. The highest BCUT2D eigenvalue weighted by molar-refractivity contribution is 6.43. The molecule has 0 fully saturated rings. The van der Waals surface area contributed by atoms with Gasteiger partial charge in [0.2, 0.25) is 0 Å². The average molecular weight is 257 g/mol. The molecular weight excluding hydrogens is 247 g/mol. The summed E-state index contributed by atoms with van der Waals surface area (Å²) in [5.41, 5.74) is 2.55. The van der Waals surface area contributed by atoms with Crippen molar-refractivity contribution in [3.63, 3.8) is 0 Å². The molecule has 4 nitrogen and oxygen atoms in total. The number of carbonyl (C=O) groups is 1. The van der Waals surface area contributed by atoms with Crippen LogP contribution in [0.5, 0.6) is 0 Å². The molecule has 1 amide bonds. The number of nitrogens with zero attached hydrogens (tertiary/aromatic N) is 1. The Bertz CT molecular complexity index is 479. The molecule has 0 aromatic heterocycles. The second kappa shape index (κ2) is 4.67. The molecule has 0 saturated carbocycles. The van der Waals surface area contributed by atoms with E-state index in [0.29, 0.717) is 24.4 Å². The summed E-state index contributed by atoms with van der Waals surface area (Å²) in [6, 6.07) is 4.27. The van der Waals surface area contributed by atoms with Gasteiger partial charge in [-0.2, -0.15) is 18.3 Å². The van der Waals surface area contributed by atoms with Gasteiger partial charge in [-0.1, -0.05) is 0 Å². The molecule has 2 rings (SSSR count). The van der Waals surface area contributed by atoms with Gasteiger partial charge in [-0.3, -0.25) is 4.79 Å². The summed E-state index contributed by atoms with van der Waals surface area (Å²) < 4.78 is 36.9. The van der Waals surface area contributed by atoms with Crippen molar-refractivity contribution in [3.05, 3.63) is 29.8 Å². The minimum atomic E-state index is -4.37. The summed E-state index contributed by atoms with van der Waals surface area (Å²) in [5, 5.41) is 6.25. The van der Waals surface area contributed by atoms with Crippen LogP contribution in [0.15, 0.2) is 29.4 Å². The molecule has 7 heteroatoms. The van der Waals surface area contributed by atoms with E-state index < -0.39 is 17.6 Å². The van der Waals surface area contributed by atoms with Crippen molar-refractivity contribution in [2.24, 2.45) is 5.10 Å². The largest absolute Gasteiger partial charge is 0.416 e. The maximum Gasteiger partial charge on any atom is 0.416 e. The molecular formula is C11H10F3N3O. The first kappa shape index (κ1) is 12.4. The molecule has 0 unspecified atom stereocenters. The number of benzene rings is 1. The SMILES string of the molecule is O=C(Nc1ccc(C(F)(F)F)cc1)C1=NNCC1. The molecule has 2 N–H and O–H groups in total. The molecule has 1 aliphatic rings. The van der Waals surface area contributed by atoms with Crippen molar-refractivity contribution >= 4 is 17.3 Å². The van der Waals surface area contributed by atoms with Crippen LogP contribution in [0.3, 0.4) is 0 Å². The van der Waals surface area contributed by atoms with Crippen LogP contribution in [0.2, 0.25) is 0 Å². The number of hydrogen-bond donors (Lipinski definition) is 2. The zero-order valence-corrected chi connectivity index (χ0v) is 9.21. The van der Waals surface area contributed by atoms with Gasteiger partial charge in [0.15, 0.2) is 0 Å². The van der Waals surface area contributed by atoms with Crippen molar-refractivity contribution in [3.8, 4) is 0 Å². The third-order valence-electron chi connectivity index (χ3n) is 2.42. The van der Waals surface area contributed by atoms with E-state index >= 15 is 0 Å². The fourth-order valence-corrected chi connectivity index (χ4v) is 1.49. The lowest BCUT2D eigenvalue weighted by atomic mass is 10.2. The summed E-state index contributed by atoms with van der Waals surface area (Å²) >= 11 is 0. The Labute approximate surface area is 101 Å². The van der Waals surface area contributed by atoms with E-state index in [4.69, 9.17) is 0 Å². The molecule has 0 aliphatic carbocycles. The van der Waals surface area contributed by atoms with Gasteiger partial charge in [0.25, 0.3) is 5.91 Å². The highest BCUT2D eigenvalue weighted by Gasteiger charge is 2.30. The lowest BCUT2D eigenvalue weighted by molar-refractivity contribution is -0.137. The van der Waals surface area contributed by atoms with Gasteiger partial charge in [0.1, 0.15) is 5.71 Å². The number of hydrogen-bond acceptors (Lipinski definition) is 3. The highest BCUT2D eigenvalue weighted by Crippen LogP contribution is 2.29. The van der Waals surface area contributed by atoms with Gasteiger partial charge in [-0.05, 0) is 24.3 Å². The Balaban J connectivity index is 2.04. The minimum absolute atomic E-state index is 0.308. The normalized spacial score (nSPS) is 14.9. The van der Waals surface area contributed by atoms with Gasteiger partial charge < -0.3 is 10.7 Å². The summed E-state index contributed by atoms with van der Waals surface area (Å²) in [4.78, 5) is 11.6. The summed E-state index contributed by atoms with van der Waals surface area (Å²) in [6.07, 6.45) is -3.87. The predicted molar refractivity (Wildman–Crippen MR) is 60.1 cm³/mol. The number of alkyl halides is 3. The van der Waals surface area contributed by atoms with Crippen LogP contribution in [-0.4, -0.2) is 18.2 Å². The third-order valence-corrected chi connectivity index (χ3v) is 2.42. The maximum atomic E-state index is 12.3. The molecule has 18 heavy (non-hydrogen) atoms. The Morgan fingerprint density at radius 2 is 1.94 bits per heavy atom. The van der Waals surface area contributed by atoms with E-state index in [0.717, 1.165) is 12.1 Å². The second-order valence-corrected chi connectivity index (χ2v) is 3.75. The molecule has 0 radical (unpaired) electrons. The zero-order valence-electron chi connectivity index (χ0n) is 9.21. The molecule has 1 aromatic carbocycles. The Hall–Kier alpha value is -2.05. The van der Waals surface area contributed by atoms with E-state index in [2.05, 4.69) is 15.8 Å². The minimum Gasteiger partial charge on any atom is -0.321 e. The van der Waals surface area contributed by atoms with Gasteiger partial charge in [0.05, 0.1) is 5.56 Å². The standard InChI is InChI=1S/C11H10F3N3O/c12-11(13,14)7-1-3-8(4-2-7)16-10(18)9-5-6-15-17-9/h1-4,15H,5-6H2,(H,16,18). The number of hydrazone groups is 1. The van der Waals surface area contributed by atoms with Gasteiger partial charge >= 0.3 is 6.18 Å². The molecule has 0 atom stereocenters. The van der Waals surface area contributed by atoms with E-state index in [-0.39, 0.29) is 0 Å². The first-order chi connectivity index (χ1) is 8.47. The molecule has 0 spiro atoms. The predicted octanol–water partition coefficient (Wildman–Crippen LogP) is 1.99. The van der Waals surface area contributed by atoms with Crippen molar-refractivity contribution in [2.75, 3.05) is 11.9 Å². The number of carbonyl (C=O) groups excluding carboxylic acids is 1. The molecule has 96 valence electrons. The summed E-state index contributed by atoms with van der Waals surface area (Å²) in [7, 11) is 0. The van der Waals surface area contributed by atoms with Crippen molar-refractivity contribution in [1.82, 2.24) is 5.43 Å². The van der Waals surface area contributed by atoms with Crippen molar-refractivity contribution in [2.45, 2.75) is 12.6 Å². The first-order valence-electron chi connectivity index (χ1n) is 5.25. The average Bonchev–Trinajstić information content (AvgIpc) is 2.82. The maximum absolute atomic E-state index is 12.3. The highest BCUT2D eigenvalue weighted by atomic mass is 19.4. The number of amides is 1. The zero-order chi connectivity index (χ0) is 13.2. The monoisotopic (exact) mass is 257 g/mol. The Kier molecular flexibility index (Phi) is 3.22. The lowest BCUT2D eigenvalue weighted by Crippen LogP contribution is -2.21. The van der Waals surface area contributed by atoms with Crippen LogP contribution < -0.4 is 10.7 Å². The molecule has 1 aromatic rings.